The first-order valence-electron chi connectivity index (χ1n) is 19.4. The molecule has 54 heavy (non-hydrogen) atoms. The van der Waals surface area contributed by atoms with E-state index in [1.54, 1.807) is 27.7 Å². The van der Waals surface area contributed by atoms with Gasteiger partial charge in [0.2, 0.25) is 0 Å². The van der Waals surface area contributed by atoms with Crippen LogP contribution >= 0.6 is 0 Å². The first kappa shape index (κ1) is 50.0. The van der Waals surface area contributed by atoms with Crippen molar-refractivity contribution in [3.8, 4) is 0 Å². The summed E-state index contributed by atoms with van der Waals surface area (Å²) in [6.07, 6.45) is -5.87. The molecule has 18 atom stereocenters. The molecule has 0 aromatic carbocycles. The Morgan fingerprint density at radius 3 is 2.19 bits per heavy atom. The number of nitrogens with zero attached hydrogens (tertiary/aromatic N) is 4. The van der Waals surface area contributed by atoms with E-state index in [0.29, 0.717) is 19.3 Å². The van der Waals surface area contributed by atoms with E-state index in [4.69, 9.17) is 28.4 Å². The van der Waals surface area contributed by atoms with Gasteiger partial charge in [0.25, 0.3) is 0 Å². The molecule has 0 aliphatic carbocycles. The van der Waals surface area contributed by atoms with Crippen LogP contribution in [0.5, 0.6) is 0 Å². The third-order valence-corrected chi connectivity index (χ3v) is 12.3. The molecule has 3 aliphatic rings. The first-order valence-corrected chi connectivity index (χ1v) is 19.4. The number of ether oxygens (including phenoxy) is 6. The number of aliphatic hydroxyl groups excluding tert-OH is 2. The van der Waals surface area contributed by atoms with Gasteiger partial charge in [-0.3, -0.25) is 4.79 Å². The summed E-state index contributed by atoms with van der Waals surface area (Å²) in [6, 6.07) is -0.938. The molecule has 3 aliphatic heterocycles. The number of methoxy groups -OCH3 is 1. The van der Waals surface area contributed by atoms with Crippen molar-refractivity contribution in [2.24, 2.45) is 28.8 Å². The molecule has 0 saturated carbocycles. The van der Waals surface area contributed by atoms with Crippen molar-refractivity contribution in [3.63, 3.8) is 0 Å². The van der Waals surface area contributed by atoms with Gasteiger partial charge in [0.1, 0.15) is 17.8 Å². The summed E-state index contributed by atoms with van der Waals surface area (Å²) in [5.74, 6) is -2.85. The average Bonchev–Trinajstić information content (AvgIpc) is 3.08. The standard InChI is InChI=1S/C38H70N4O11.Ac/c1-14-27-38(10,47)32(44)21(3)16-15-20(2)18-36(8,46)33(53-35-29(43)26(42(11)12)17-22(4)49-35)23(5)30(24(6)34(45)51-27)52-28-19-37(9,48-13)31(40-41-39)25(7)50-28;/h20-33,35,43-44,46-47H,14-19H2,1-13H3;/t20-,21-,22+,23-,24+,25-,26?,27+,28?,29?,30?,31?,32?,33?,35?,36?,37?,38?;/m0./s1. The van der Waals surface area contributed by atoms with Crippen molar-refractivity contribution >= 4 is 5.97 Å². The largest absolute Gasteiger partial charge is 0.459 e. The zero-order valence-electron chi connectivity index (χ0n) is 34.9. The molecule has 311 valence electrons. The van der Waals surface area contributed by atoms with Crippen molar-refractivity contribution in [1.29, 1.82) is 0 Å². The Morgan fingerprint density at radius 2 is 1.63 bits per heavy atom. The Balaban J connectivity index is 0.0000101. The number of aliphatic hydroxyl groups is 4. The van der Waals surface area contributed by atoms with Gasteiger partial charge < -0.3 is 53.7 Å². The number of hydrogen-bond donors (Lipinski definition) is 4. The number of azide groups is 1. The van der Waals surface area contributed by atoms with Crippen molar-refractivity contribution in [2.45, 2.75) is 192 Å². The topological polar surface area (TPSA) is 205 Å². The molecule has 3 saturated heterocycles. The monoisotopic (exact) mass is 986 g/mol. The second kappa shape index (κ2) is 20.7. The molecule has 15 nitrogen and oxygen atoms in total. The van der Waals surface area contributed by atoms with E-state index in [0.717, 1.165) is 0 Å². The van der Waals surface area contributed by atoms with E-state index in [1.807, 2.05) is 53.6 Å². The van der Waals surface area contributed by atoms with E-state index in [1.165, 1.54) is 14.0 Å². The van der Waals surface area contributed by atoms with Gasteiger partial charge in [-0.2, -0.15) is 0 Å². The zero-order valence-corrected chi connectivity index (χ0v) is 39.7. The number of hydrogen-bond acceptors (Lipinski definition) is 13. The molecule has 3 fully saturated rings. The van der Waals surface area contributed by atoms with Crippen LogP contribution in [-0.4, -0.2) is 137 Å². The third kappa shape index (κ3) is 11.7. The quantitative estimate of drug-likeness (QED) is 0.116. The van der Waals surface area contributed by atoms with Gasteiger partial charge in [-0.05, 0) is 98.7 Å². The summed E-state index contributed by atoms with van der Waals surface area (Å²) >= 11 is 0. The van der Waals surface area contributed by atoms with Crippen LogP contribution in [-0.2, 0) is 33.2 Å². The van der Waals surface area contributed by atoms with Gasteiger partial charge >= 0.3 is 5.97 Å². The minimum Gasteiger partial charge on any atom is -0.459 e. The Kier molecular flexibility index (Phi) is 19.1. The summed E-state index contributed by atoms with van der Waals surface area (Å²) in [6.45, 7) is 17.8. The molecule has 0 spiro atoms. The van der Waals surface area contributed by atoms with Gasteiger partial charge in [0, 0.05) is 74.5 Å². The number of likely N-dealkylation sites (N-methyl/N-ethyl adjacent to an activating group) is 1. The Hall–Kier alpha value is -0.178. The second-order valence-electron chi connectivity index (χ2n) is 17.2. The number of esters is 1. The van der Waals surface area contributed by atoms with Crippen molar-refractivity contribution < 1.29 is 97.7 Å². The summed E-state index contributed by atoms with van der Waals surface area (Å²) in [4.78, 5) is 19.1. The second-order valence-corrected chi connectivity index (χ2v) is 17.2. The van der Waals surface area contributed by atoms with Gasteiger partial charge in [-0.15, -0.1) is 0 Å². The maximum atomic E-state index is 14.2. The van der Waals surface area contributed by atoms with Gasteiger partial charge in [-0.25, -0.2) is 0 Å². The first-order chi connectivity index (χ1) is 24.5. The molecule has 0 aromatic rings. The molecule has 0 aromatic heterocycles. The van der Waals surface area contributed by atoms with Gasteiger partial charge in [0.05, 0.1) is 53.7 Å². The van der Waals surface area contributed by atoms with E-state index >= 15 is 0 Å². The van der Waals surface area contributed by atoms with Gasteiger partial charge in [0.15, 0.2) is 12.6 Å². The van der Waals surface area contributed by atoms with Gasteiger partial charge in [-0.1, -0.05) is 39.2 Å². The Morgan fingerprint density at radius 1 is 1.00 bits per heavy atom. The van der Waals surface area contributed by atoms with Crippen molar-refractivity contribution in [3.05, 3.63) is 10.4 Å². The van der Waals surface area contributed by atoms with Crippen molar-refractivity contribution in [1.82, 2.24) is 4.90 Å². The predicted octanol–water partition coefficient (Wildman–Crippen LogP) is 4.31. The van der Waals surface area contributed by atoms with Crippen LogP contribution in [0.3, 0.4) is 0 Å². The minimum atomic E-state index is -1.75. The average molecular weight is 986 g/mol. The number of cyclic esters (lactones) is 1. The van der Waals surface area contributed by atoms with E-state index < -0.39 is 89.9 Å². The maximum absolute atomic E-state index is 14.2. The van der Waals surface area contributed by atoms with E-state index in [-0.39, 0.29) is 87.3 Å². The molecule has 11 unspecified atom stereocenters. The zero-order chi connectivity index (χ0) is 40.2. The van der Waals surface area contributed by atoms with Crippen LogP contribution in [0.25, 0.3) is 10.4 Å². The van der Waals surface area contributed by atoms with E-state index in [2.05, 4.69) is 10.0 Å². The number of carbonyl (C=O) groups excluding carboxylic acids is 1. The maximum Gasteiger partial charge on any atom is 0.311 e. The van der Waals surface area contributed by atoms with Crippen LogP contribution in [0, 0.1) is 67.7 Å². The predicted molar refractivity (Wildman–Crippen MR) is 197 cm³/mol. The fraction of sp³-hybridized carbons (Fsp3) is 0.974. The molecule has 0 bridgehead atoms. The number of rotatable bonds is 8. The fourth-order valence-electron chi connectivity index (χ4n) is 8.94. The van der Waals surface area contributed by atoms with Crippen LogP contribution < -0.4 is 0 Å². The molecule has 0 amide bonds. The summed E-state index contributed by atoms with van der Waals surface area (Å²) in [5.41, 5.74) is 5.02. The molecule has 3 rings (SSSR count). The van der Waals surface area contributed by atoms with Crippen molar-refractivity contribution in [2.75, 3.05) is 21.2 Å². The molecular weight excluding hydrogens is 915 g/mol. The number of carbonyl (C=O) groups is 1. The van der Waals surface area contributed by atoms with Crippen LogP contribution in [0.15, 0.2) is 5.11 Å². The van der Waals surface area contributed by atoms with E-state index in [9.17, 15) is 30.8 Å². The fourth-order valence-corrected chi connectivity index (χ4v) is 8.94. The summed E-state index contributed by atoms with van der Waals surface area (Å²) < 4.78 is 37.8. The van der Waals surface area contributed by atoms with Crippen LogP contribution in [0.2, 0.25) is 0 Å². The molecule has 1 radical (unpaired) electrons. The normalized spacial score (nSPS) is 47.4. The third-order valence-electron chi connectivity index (χ3n) is 12.3. The van der Waals surface area contributed by atoms with Crippen LogP contribution in [0.1, 0.15) is 108 Å². The minimum absolute atomic E-state index is 0. The molecule has 3 heterocycles. The summed E-state index contributed by atoms with van der Waals surface area (Å²) in [7, 11) is 5.29. The molecular formula is C38H70AcN4O11. The SMILES string of the molecule is CC[C@H]1OC(=O)[C@H](C)C(OC2CC(C)(OC)C(N=[N+]=[N-])[C@H](C)O2)[C@H](C)C(OC2O[C@H](C)CC(N(C)C)C2O)C(C)(O)C[C@@H](C)CC[C@H](C)C(O)C1(C)O.[Ac]. The Bertz CT molecular complexity index is 1240. The smallest absolute Gasteiger partial charge is 0.311 e. The molecule has 4 N–H and O–H groups in total. The Labute approximate surface area is 358 Å². The summed E-state index contributed by atoms with van der Waals surface area (Å²) in [5, 5.41) is 51.0. The molecule has 16 heteroatoms. The van der Waals surface area contributed by atoms with Crippen LogP contribution in [0.4, 0.5) is 0 Å².